The minimum Gasteiger partial charge on any atom is -0.240 e. The van der Waals surface area contributed by atoms with Crippen molar-refractivity contribution < 1.29 is 30.8 Å². The summed E-state index contributed by atoms with van der Waals surface area (Å²) < 4.78 is 18.2. The molecule has 0 heterocycles. The summed E-state index contributed by atoms with van der Waals surface area (Å²) in [6, 6.07) is 0. The van der Waals surface area contributed by atoms with Crippen molar-refractivity contribution in [2.75, 3.05) is 0 Å². The fraction of sp³-hybridized carbons (Fsp3) is 0. The average molecular weight is 293 g/mol. The first kappa shape index (κ1) is 9.32. The Kier molecular flexibility index (Phi) is 9.14. The second-order valence-corrected chi connectivity index (χ2v) is 3.51. The molecule has 0 bridgehead atoms. The molecular formula is H4AuO2SSi. The van der Waals surface area contributed by atoms with Gasteiger partial charge in [0, 0.05) is 22.4 Å². The molecule has 0 aliphatic heterocycles. The molecule has 5 heavy (non-hydrogen) atoms. The summed E-state index contributed by atoms with van der Waals surface area (Å²) in [6.45, 7) is 0. The van der Waals surface area contributed by atoms with E-state index in [1.165, 1.54) is 0 Å². The van der Waals surface area contributed by atoms with Crippen LogP contribution in [0.25, 0.3) is 0 Å². The Morgan fingerprint density at radius 1 is 1.40 bits per heavy atom. The van der Waals surface area contributed by atoms with Crippen LogP contribution in [-0.4, -0.2) is 17.8 Å². The molecule has 0 saturated heterocycles. The molecule has 0 aliphatic carbocycles. The molecule has 0 aromatic carbocycles. The smallest absolute Gasteiger partial charge is 0.145 e. The number of rotatable bonds is 0. The third kappa shape index (κ3) is 50.4. The second-order valence-electron chi connectivity index (χ2n) is 0.440. The van der Waals surface area contributed by atoms with E-state index < -0.39 is 10.2 Å². The van der Waals surface area contributed by atoms with Crippen molar-refractivity contribution in [2.45, 2.75) is 0 Å². The van der Waals surface area contributed by atoms with Gasteiger partial charge in [-0.3, -0.25) is 0 Å². The van der Waals surface area contributed by atoms with Gasteiger partial charge in [0.2, 0.25) is 0 Å². The van der Waals surface area contributed by atoms with Gasteiger partial charge in [0.25, 0.3) is 0 Å². The fourth-order valence-electron chi connectivity index (χ4n) is 0. The van der Waals surface area contributed by atoms with Crippen molar-refractivity contribution in [2.24, 2.45) is 0 Å². The van der Waals surface area contributed by atoms with E-state index in [1.807, 2.05) is 0 Å². The molecule has 0 N–H and O–H groups in total. The van der Waals surface area contributed by atoms with Crippen LogP contribution < -0.4 is 0 Å². The maximum atomic E-state index is 9.10. The van der Waals surface area contributed by atoms with Crippen LogP contribution in [0.2, 0.25) is 0 Å². The molecular weight excluding hydrogens is 289 g/mol. The molecule has 0 spiro atoms. The quantitative estimate of drug-likeness (QED) is 0.409. The zero-order chi connectivity index (χ0) is 3.58. The van der Waals surface area contributed by atoms with E-state index in [-0.39, 0.29) is 22.4 Å². The van der Waals surface area contributed by atoms with Crippen molar-refractivity contribution in [3.8, 4) is 0 Å². The zero-order valence-corrected chi connectivity index (χ0v) is 7.63. The van der Waals surface area contributed by atoms with Crippen molar-refractivity contribution in [1.29, 1.82) is 0 Å². The zero-order valence-electron chi connectivity index (χ0n) is 2.57. The van der Waals surface area contributed by atoms with E-state index in [4.69, 9.17) is 8.42 Å². The molecule has 37 valence electrons. The molecule has 0 rings (SSSR count). The third-order valence-corrected chi connectivity index (χ3v) is 0. The monoisotopic (exact) mass is 293 g/mol. The largest absolute Gasteiger partial charge is 0.240 e. The fourth-order valence-corrected chi connectivity index (χ4v) is 0. The number of hydrogen-bond donors (Lipinski definition) is 1. The molecule has 0 aliphatic rings. The van der Waals surface area contributed by atoms with Gasteiger partial charge in [-0.1, -0.05) is 0 Å². The molecule has 5 heteroatoms. The van der Waals surface area contributed by atoms with Crippen molar-refractivity contribution in [3.63, 3.8) is 0 Å². The number of thiol groups is 1. The Labute approximate surface area is 50.5 Å². The van der Waals surface area contributed by atoms with Crippen molar-refractivity contribution in [1.82, 2.24) is 0 Å². The molecule has 0 aromatic heterocycles. The van der Waals surface area contributed by atoms with E-state index in [0.29, 0.717) is 9.39 Å². The van der Waals surface area contributed by atoms with E-state index in [1.54, 1.807) is 0 Å². The van der Waals surface area contributed by atoms with Crippen LogP contribution in [0.4, 0.5) is 0 Å². The van der Waals surface area contributed by atoms with Crippen molar-refractivity contribution in [3.05, 3.63) is 0 Å². The molecule has 0 saturated carbocycles. The predicted molar refractivity (Wildman–Crippen MR) is 20.3 cm³/mol. The maximum Gasteiger partial charge on any atom is 0.145 e. The van der Waals surface area contributed by atoms with Gasteiger partial charge >= 0.3 is 0 Å². The Morgan fingerprint density at radius 2 is 1.40 bits per heavy atom. The second kappa shape index (κ2) is 4.91. The van der Waals surface area contributed by atoms with Gasteiger partial charge in [0.15, 0.2) is 0 Å². The Hall–Kier alpha value is 0.907. The van der Waals surface area contributed by atoms with E-state index >= 15 is 0 Å². The van der Waals surface area contributed by atoms with Gasteiger partial charge in [-0.15, -0.1) is 0 Å². The van der Waals surface area contributed by atoms with Crippen molar-refractivity contribution >= 4 is 19.5 Å². The normalized spacial score (nSPS) is 7.40. The molecule has 2 nitrogen and oxygen atoms in total. The molecule has 0 amide bonds. The average Bonchev–Trinajstić information content (AvgIpc) is 0.811. The Morgan fingerprint density at radius 3 is 1.40 bits per heavy atom. The summed E-state index contributed by atoms with van der Waals surface area (Å²) >= 11 is 0. The first-order valence-electron chi connectivity index (χ1n) is 0.812. The van der Waals surface area contributed by atoms with Crippen LogP contribution in [0.5, 0.6) is 0 Å². The summed E-state index contributed by atoms with van der Waals surface area (Å²) in [7, 11) is -1.68. The van der Waals surface area contributed by atoms with Crippen LogP contribution in [0, 0.1) is 0 Å². The van der Waals surface area contributed by atoms with Gasteiger partial charge in [-0.2, -0.15) is 0 Å². The van der Waals surface area contributed by atoms with Crippen LogP contribution >= 0.6 is 0 Å². The topological polar surface area (TPSA) is 34.1 Å². The van der Waals surface area contributed by atoms with Crippen LogP contribution in [-0.2, 0) is 32.5 Å². The molecule has 0 unspecified atom stereocenters. The van der Waals surface area contributed by atoms with Gasteiger partial charge in [0.1, 0.15) is 19.5 Å². The predicted octanol–water partition coefficient (Wildman–Crippen LogP) is -2.12. The van der Waals surface area contributed by atoms with Gasteiger partial charge in [0.05, 0.1) is 0 Å². The van der Waals surface area contributed by atoms with Gasteiger partial charge in [-0.25, -0.2) is 8.42 Å². The first-order chi connectivity index (χ1) is 1.73. The summed E-state index contributed by atoms with van der Waals surface area (Å²) in [6.07, 6.45) is 0. The van der Waals surface area contributed by atoms with E-state index in [9.17, 15) is 0 Å². The molecule has 1 radical (unpaired) electrons. The minimum atomic E-state index is -1.98. The summed E-state index contributed by atoms with van der Waals surface area (Å²) in [5, 5.41) is 0. The summed E-state index contributed by atoms with van der Waals surface area (Å²) in [5.41, 5.74) is 0. The van der Waals surface area contributed by atoms with Crippen LogP contribution in [0.15, 0.2) is 0 Å². The Balaban J connectivity index is 0. The first-order valence-corrected chi connectivity index (χ1v) is 5.12. The van der Waals surface area contributed by atoms with E-state index in [2.05, 4.69) is 0 Å². The molecule has 0 fully saturated rings. The summed E-state index contributed by atoms with van der Waals surface area (Å²) in [5.74, 6) is 0. The molecule has 0 aromatic rings. The maximum absolute atomic E-state index is 9.10. The van der Waals surface area contributed by atoms with Gasteiger partial charge < -0.3 is 0 Å². The van der Waals surface area contributed by atoms with Crippen LogP contribution in [0.1, 0.15) is 0 Å². The number of hydrogen-bond acceptors (Lipinski definition) is 2. The summed E-state index contributed by atoms with van der Waals surface area (Å²) in [4.78, 5) is 0. The third-order valence-electron chi connectivity index (χ3n) is 0. The standard InChI is InChI=1S/Au.H4O2SSi/c;1-3(2)4/h;3H,4H3. The minimum absolute atomic E-state index is 0. The van der Waals surface area contributed by atoms with E-state index in [0.717, 1.165) is 0 Å². The van der Waals surface area contributed by atoms with Crippen LogP contribution in [0.3, 0.4) is 0 Å². The molecule has 0 atom stereocenters. The van der Waals surface area contributed by atoms with Gasteiger partial charge in [-0.05, 0) is 0 Å². The Bertz CT molecular complexity index is 58.0. The SMILES string of the molecule is O=[SH](=O)[SiH3].[Au].